The van der Waals surface area contributed by atoms with Crippen LogP contribution in [0, 0.1) is 5.82 Å². The summed E-state index contributed by atoms with van der Waals surface area (Å²) in [6.45, 7) is -3.09. The van der Waals surface area contributed by atoms with E-state index in [4.69, 9.17) is 5.73 Å². The Kier molecular flexibility index (Phi) is 4.03. The van der Waals surface area contributed by atoms with Gasteiger partial charge in [-0.05, 0) is 17.7 Å². The third-order valence-electron chi connectivity index (χ3n) is 3.72. The molecule has 0 radical (unpaired) electrons. The van der Waals surface area contributed by atoms with Gasteiger partial charge in [-0.15, -0.1) is 0 Å². The molecule has 0 spiro atoms. The Bertz CT molecular complexity index is 843. The fourth-order valence-electron chi connectivity index (χ4n) is 2.54. The van der Waals surface area contributed by atoms with Gasteiger partial charge in [0.2, 0.25) is 0 Å². The summed E-state index contributed by atoms with van der Waals surface area (Å²) < 4.78 is 42.2. The van der Waals surface area contributed by atoms with Crippen molar-refractivity contribution in [2.45, 2.75) is 12.2 Å². The highest BCUT2D eigenvalue weighted by molar-refractivity contribution is 6.08. The Morgan fingerprint density at radius 1 is 1.24 bits per heavy atom. The minimum Gasteiger partial charge on any atom is -0.401 e. The van der Waals surface area contributed by atoms with Crippen molar-refractivity contribution in [3.05, 3.63) is 53.6 Å². The van der Waals surface area contributed by atoms with Crippen LogP contribution >= 0.6 is 0 Å². The summed E-state index contributed by atoms with van der Waals surface area (Å²) in [6.07, 6.45) is 2.23. The third-order valence-corrected chi connectivity index (χ3v) is 3.72. The Labute approximate surface area is 140 Å². The molecule has 1 aliphatic heterocycles. The van der Waals surface area contributed by atoms with Gasteiger partial charge in [-0.3, -0.25) is 9.69 Å². The number of aromatic nitrogens is 2. The molecule has 2 heterocycles. The Morgan fingerprint density at radius 3 is 2.44 bits per heavy atom. The third kappa shape index (κ3) is 2.75. The number of likely N-dealkylation sites (N-methyl/N-ethyl adjacent to an activating group) is 1. The second kappa shape index (κ2) is 6.04. The van der Waals surface area contributed by atoms with Crippen LogP contribution < -0.4 is 10.5 Å². The first-order chi connectivity index (χ1) is 11.8. The number of hydrogen-bond donors (Lipinski definition) is 1. The van der Waals surface area contributed by atoms with Crippen LogP contribution in [-0.4, -0.2) is 40.4 Å². The number of hydrogen-bond acceptors (Lipinski definition) is 6. The Morgan fingerprint density at radius 2 is 1.92 bits per heavy atom. The van der Waals surface area contributed by atoms with E-state index in [1.165, 1.54) is 25.2 Å². The van der Waals surface area contributed by atoms with Gasteiger partial charge in [0.25, 0.3) is 5.91 Å². The van der Waals surface area contributed by atoms with Crippen molar-refractivity contribution >= 4 is 11.9 Å². The van der Waals surface area contributed by atoms with Gasteiger partial charge in [-0.25, -0.2) is 19.4 Å². The van der Waals surface area contributed by atoms with Crippen molar-refractivity contribution in [2.24, 2.45) is 10.7 Å². The molecule has 0 aliphatic carbocycles. The molecule has 25 heavy (non-hydrogen) atoms. The van der Waals surface area contributed by atoms with Crippen LogP contribution in [0.1, 0.15) is 11.1 Å². The molecular formula is C15H12F3N5O2. The lowest BCUT2D eigenvalue weighted by molar-refractivity contribution is -0.129. The maximum Gasteiger partial charge on any atom is 0.389 e. The van der Waals surface area contributed by atoms with Crippen molar-refractivity contribution in [3.63, 3.8) is 0 Å². The Hall–Kier alpha value is -3.17. The number of guanidine groups is 1. The van der Waals surface area contributed by atoms with Gasteiger partial charge < -0.3 is 10.5 Å². The number of nitrogens with two attached hydrogens (primary N) is 1. The van der Waals surface area contributed by atoms with E-state index in [9.17, 15) is 18.0 Å². The monoisotopic (exact) mass is 351 g/mol. The van der Waals surface area contributed by atoms with E-state index >= 15 is 0 Å². The predicted octanol–water partition coefficient (Wildman–Crippen LogP) is 1.25. The Balaban J connectivity index is 2.15. The average Bonchev–Trinajstić information content (AvgIpc) is 2.80. The maximum absolute atomic E-state index is 13.7. The topological polar surface area (TPSA) is 93.7 Å². The summed E-state index contributed by atoms with van der Waals surface area (Å²) in [5, 5.41) is 0. The van der Waals surface area contributed by atoms with Crippen LogP contribution in [0.25, 0.3) is 0 Å². The first kappa shape index (κ1) is 16.7. The highest BCUT2D eigenvalue weighted by atomic mass is 19.3. The van der Waals surface area contributed by atoms with Crippen LogP contribution in [0.5, 0.6) is 6.01 Å². The molecular weight excluding hydrogens is 339 g/mol. The lowest BCUT2D eigenvalue weighted by Crippen LogP contribution is -2.41. The van der Waals surface area contributed by atoms with E-state index in [1.54, 1.807) is 0 Å². The van der Waals surface area contributed by atoms with Crippen molar-refractivity contribution in [3.8, 4) is 6.01 Å². The summed E-state index contributed by atoms with van der Waals surface area (Å²) in [5.74, 6) is -1.21. The number of ether oxygens (including phenoxy) is 1. The van der Waals surface area contributed by atoms with E-state index in [1.807, 2.05) is 0 Å². The molecule has 7 nitrogen and oxygen atoms in total. The predicted molar refractivity (Wildman–Crippen MR) is 80.2 cm³/mol. The normalized spacial score (nSPS) is 20.1. The number of halogens is 3. The highest BCUT2D eigenvalue weighted by Gasteiger charge is 2.50. The van der Waals surface area contributed by atoms with Gasteiger partial charge in [0.15, 0.2) is 11.5 Å². The molecule has 1 aromatic carbocycles. The smallest absolute Gasteiger partial charge is 0.389 e. The molecule has 1 aromatic heterocycles. The molecule has 10 heteroatoms. The molecule has 1 unspecified atom stereocenters. The minimum absolute atomic E-state index is 0.0813. The fourth-order valence-corrected chi connectivity index (χ4v) is 2.54. The molecule has 1 aliphatic rings. The largest absolute Gasteiger partial charge is 0.401 e. The van der Waals surface area contributed by atoms with E-state index in [0.29, 0.717) is 0 Å². The number of rotatable bonds is 4. The van der Waals surface area contributed by atoms with Crippen LogP contribution in [0.3, 0.4) is 0 Å². The van der Waals surface area contributed by atoms with Crippen LogP contribution in [0.2, 0.25) is 0 Å². The molecule has 2 aromatic rings. The van der Waals surface area contributed by atoms with E-state index in [-0.39, 0.29) is 17.1 Å². The number of carbonyl (C=O) groups excluding carboxylic acids is 1. The number of amides is 1. The zero-order chi connectivity index (χ0) is 18.2. The maximum atomic E-state index is 13.7. The summed E-state index contributed by atoms with van der Waals surface area (Å²) >= 11 is 0. The zero-order valence-corrected chi connectivity index (χ0v) is 12.9. The quantitative estimate of drug-likeness (QED) is 0.895. The molecule has 2 N–H and O–H groups in total. The minimum atomic E-state index is -3.09. The van der Waals surface area contributed by atoms with Crippen molar-refractivity contribution < 1.29 is 22.7 Å². The molecule has 3 rings (SSSR count). The second-order valence-electron chi connectivity index (χ2n) is 5.19. The number of nitrogens with zero attached hydrogens (tertiary/aromatic N) is 4. The van der Waals surface area contributed by atoms with E-state index in [0.717, 1.165) is 23.4 Å². The SMILES string of the molecule is CN1C(=O)C(c2cnc(OC(F)F)nc2)(c2cccc(F)c2)N=C1N. The van der Waals surface area contributed by atoms with Gasteiger partial charge in [0.1, 0.15) is 5.82 Å². The molecule has 0 saturated heterocycles. The standard InChI is InChI=1S/C15H12F3N5O2/c1-23-11(24)15(22-13(23)19,8-3-2-4-10(16)5-8)9-6-20-14(21-7-9)25-12(17)18/h2-7,12H,1H3,(H2,19,22). The van der Waals surface area contributed by atoms with Gasteiger partial charge in [0.05, 0.1) is 0 Å². The number of aliphatic imine (C=N–C) groups is 1. The molecule has 1 amide bonds. The van der Waals surface area contributed by atoms with Crippen molar-refractivity contribution in [1.82, 2.24) is 14.9 Å². The van der Waals surface area contributed by atoms with Crippen LogP contribution in [0.4, 0.5) is 13.2 Å². The summed E-state index contributed by atoms with van der Waals surface area (Å²) in [5.41, 5.74) is 4.39. The van der Waals surface area contributed by atoms with Gasteiger partial charge >= 0.3 is 12.6 Å². The lowest BCUT2D eigenvalue weighted by Gasteiger charge is -2.25. The lowest BCUT2D eigenvalue weighted by atomic mass is 9.84. The molecule has 0 bridgehead atoms. The van der Waals surface area contributed by atoms with E-state index < -0.39 is 29.9 Å². The highest BCUT2D eigenvalue weighted by Crippen LogP contribution is 2.39. The van der Waals surface area contributed by atoms with Gasteiger partial charge in [-0.1, -0.05) is 12.1 Å². The molecule has 0 fully saturated rings. The molecule has 1 atom stereocenters. The first-order valence-corrected chi connectivity index (χ1v) is 7.01. The number of benzene rings is 1. The number of alkyl halides is 2. The van der Waals surface area contributed by atoms with Gasteiger partial charge in [0, 0.05) is 25.0 Å². The second-order valence-corrected chi connectivity index (χ2v) is 5.19. The van der Waals surface area contributed by atoms with Crippen molar-refractivity contribution in [1.29, 1.82) is 0 Å². The molecule has 130 valence electrons. The summed E-state index contributed by atoms with van der Waals surface area (Å²) in [4.78, 5) is 25.4. The summed E-state index contributed by atoms with van der Waals surface area (Å²) in [6, 6.07) is 4.70. The van der Waals surface area contributed by atoms with Crippen LogP contribution in [0.15, 0.2) is 41.7 Å². The molecule has 0 saturated carbocycles. The average molecular weight is 351 g/mol. The first-order valence-electron chi connectivity index (χ1n) is 7.01. The number of carbonyl (C=O) groups is 1. The summed E-state index contributed by atoms with van der Waals surface area (Å²) in [7, 11) is 1.41. The van der Waals surface area contributed by atoms with Crippen molar-refractivity contribution in [2.75, 3.05) is 7.05 Å². The van der Waals surface area contributed by atoms with Crippen LogP contribution in [-0.2, 0) is 10.3 Å². The fraction of sp³-hybridized carbons (Fsp3) is 0.200. The zero-order valence-electron chi connectivity index (χ0n) is 12.9. The van der Waals surface area contributed by atoms with Gasteiger partial charge in [-0.2, -0.15) is 8.78 Å². The van der Waals surface area contributed by atoms with E-state index in [2.05, 4.69) is 19.7 Å².